The summed E-state index contributed by atoms with van der Waals surface area (Å²) in [6, 6.07) is 0. The number of hydrogen-bond acceptors (Lipinski definition) is 5. The minimum Gasteiger partial charge on any atom is -0.362 e. The van der Waals surface area contributed by atoms with Gasteiger partial charge in [-0.25, -0.2) is 9.78 Å². The van der Waals surface area contributed by atoms with Gasteiger partial charge < -0.3 is 5.32 Å². The van der Waals surface area contributed by atoms with Crippen molar-refractivity contribution in [3.8, 4) is 0 Å². The fourth-order valence-corrected chi connectivity index (χ4v) is 2.43. The number of thiazole rings is 1. The number of rotatable bonds is 4. The van der Waals surface area contributed by atoms with E-state index in [0.29, 0.717) is 6.54 Å². The highest BCUT2D eigenvalue weighted by Gasteiger charge is 2.06. The molecular weight excluding hydrogens is 276 g/mol. The zero-order valence-corrected chi connectivity index (χ0v) is 11.1. The van der Waals surface area contributed by atoms with Crippen LogP contribution in [0.1, 0.15) is 11.8 Å². The zero-order valence-electron chi connectivity index (χ0n) is 9.57. The molecule has 0 atom stereocenters. The number of aromatic nitrogens is 3. The van der Waals surface area contributed by atoms with Crippen molar-refractivity contribution in [3.63, 3.8) is 0 Å². The molecule has 0 saturated carbocycles. The molecule has 0 saturated heterocycles. The minimum absolute atomic E-state index is 0.00831. The first-order valence-corrected chi connectivity index (χ1v) is 6.47. The summed E-state index contributed by atoms with van der Waals surface area (Å²) in [7, 11) is 0. The lowest BCUT2D eigenvalue weighted by molar-refractivity contribution is 0.728. The van der Waals surface area contributed by atoms with Crippen molar-refractivity contribution in [2.75, 3.05) is 11.9 Å². The predicted molar refractivity (Wildman–Crippen MR) is 71.7 cm³/mol. The van der Waals surface area contributed by atoms with Crippen LogP contribution in [0.25, 0.3) is 0 Å². The molecule has 2 heterocycles. The molecule has 0 unspecified atom stereocenters. The third kappa shape index (κ3) is 2.80. The predicted octanol–water partition coefficient (Wildman–Crippen LogP) is 1.13. The Morgan fingerprint density at radius 1 is 1.56 bits per heavy atom. The van der Waals surface area contributed by atoms with Crippen LogP contribution in [0.2, 0.25) is 5.02 Å². The maximum absolute atomic E-state index is 11.5. The van der Waals surface area contributed by atoms with Crippen LogP contribution >= 0.6 is 22.9 Å². The van der Waals surface area contributed by atoms with Gasteiger partial charge in [-0.1, -0.05) is 11.6 Å². The SMILES string of the molecule is CCNc1ncc(Cn2cc(Cl)c(=O)[nH]c2=O)s1. The summed E-state index contributed by atoms with van der Waals surface area (Å²) in [6.07, 6.45) is 3.02. The minimum atomic E-state index is -0.574. The van der Waals surface area contributed by atoms with Gasteiger partial charge in [0.15, 0.2) is 5.13 Å². The van der Waals surface area contributed by atoms with E-state index in [1.165, 1.54) is 22.1 Å². The fraction of sp³-hybridized carbons (Fsp3) is 0.300. The summed E-state index contributed by atoms with van der Waals surface area (Å²) in [5, 5.41) is 3.88. The monoisotopic (exact) mass is 286 g/mol. The van der Waals surface area contributed by atoms with E-state index < -0.39 is 11.2 Å². The van der Waals surface area contributed by atoms with Gasteiger partial charge in [-0.15, -0.1) is 11.3 Å². The van der Waals surface area contributed by atoms with E-state index in [1.54, 1.807) is 6.20 Å². The Bertz CT molecular complexity index is 660. The summed E-state index contributed by atoms with van der Waals surface area (Å²) in [4.78, 5) is 29.9. The normalized spacial score (nSPS) is 10.6. The number of nitrogens with one attached hydrogen (secondary N) is 2. The number of anilines is 1. The first kappa shape index (κ1) is 12.8. The van der Waals surface area contributed by atoms with Crippen LogP contribution in [0.15, 0.2) is 22.0 Å². The number of hydrogen-bond donors (Lipinski definition) is 2. The molecule has 0 aliphatic carbocycles. The van der Waals surface area contributed by atoms with Crippen LogP contribution in [-0.2, 0) is 6.54 Å². The van der Waals surface area contributed by atoms with E-state index in [2.05, 4.69) is 15.3 Å². The average molecular weight is 287 g/mol. The quantitative estimate of drug-likeness (QED) is 0.883. The Morgan fingerprint density at radius 3 is 3.06 bits per heavy atom. The molecule has 0 spiro atoms. The summed E-state index contributed by atoms with van der Waals surface area (Å²) in [6.45, 7) is 3.10. The standard InChI is InChI=1S/C10H11ClN4O2S/c1-2-12-9-13-3-6(18-9)4-15-5-7(11)8(16)14-10(15)17/h3,5H,2,4H2,1H3,(H,12,13)(H,14,16,17). The molecular formula is C10H11ClN4O2S. The van der Waals surface area contributed by atoms with Gasteiger partial charge in [0.05, 0.1) is 6.54 Å². The molecule has 2 aromatic rings. The average Bonchev–Trinajstić information content (AvgIpc) is 2.74. The fourth-order valence-electron chi connectivity index (χ4n) is 1.38. The highest BCUT2D eigenvalue weighted by atomic mass is 35.5. The van der Waals surface area contributed by atoms with Gasteiger partial charge in [0.1, 0.15) is 5.02 Å². The van der Waals surface area contributed by atoms with Crippen molar-refractivity contribution in [2.24, 2.45) is 0 Å². The molecule has 0 bridgehead atoms. The molecule has 0 aromatic carbocycles. The summed E-state index contributed by atoms with van der Waals surface area (Å²) < 4.78 is 1.34. The molecule has 0 aliphatic rings. The van der Waals surface area contributed by atoms with Crippen molar-refractivity contribution in [2.45, 2.75) is 13.5 Å². The van der Waals surface area contributed by atoms with Gasteiger partial charge in [-0.2, -0.15) is 0 Å². The molecule has 0 aliphatic heterocycles. The van der Waals surface area contributed by atoms with Gasteiger partial charge in [-0.05, 0) is 6.92 Å². The number of nitrogens with zero attached hydrogens (tertiary/aromatic N) is 2. The van der Waals surface area contributed by atoms with Gasteiger partial charge in [-0.3, -0.25) is 14.3 Å². The zero-order chi connectivity index (χ0) is 13.1. The smallest absolute Gasteiger partial charge is 0.328 e. The van der Waals surface area contributed by atoms with E-state index in [1.807, 2.05) is 6.92 Å². The Labute approximate surface area is 111 Å². The van der Waals surface area contributed by atoms with Crippen LogP contribution in [-0.4, -0.2) is 21.1 Å². The molecule has 0 fully saturated rings. The lowest BCUT2D eigenvalue weighted by Crippen LogP contribution is -2.29. The Morgan fingerprint density at radius 2 is 2.33 bits per heavy atom. The lowest BCUT2D eigenvalue weighted by Gasteiger charge is -2.02. The van der Waals surface area contributed by atoms with Crippen molar-refractivity contribution in [1.82, 2.24) is 14.5 Å². The van der Waals surface area contributed by atoms with Crippen LogP contribution in [0.3, 0.4) is 0 Å². The number of H-pyrrole nitrogens is 1. The third-order valence-corrected chi connectivity index (χ3v) is 3.38. The highest BCUT2D eigenvalue weighted by Crippen LogP contribution is 2.18. The first-order chi connectivity index (χ1) is 8.60. The number of halogens is 1. The maximum atomic E-state index is 11.5. The molecule has 2 N–H and O–H groups in total. The highest BCUT2D eigenvalue weighted by molar-refractivity contribution is 7.15. The Balaban J connectivity index is 2.25. The Hall–Kier alpha value is -1.60. The van der Waals surface area contributed by atoms with Crippen molar-refractivity contribution in [1.29, 1.82) is 0 Å². The van der Waals surface area contributed by atoms with E-state index in [0.717, 1.165) is 16.6 Å². The largest absolute Gasteiger partial charge is 0.362 e. The summed E-state index contributed by atoms with van der Waals surface area (Å²) >= 11 is 7.13. The molecule has 18 heavy (non-hydrogen) atoms. The molecule has 0 radical (unpaired) electrons. The van der Waals surface area contributed by atoms with Gasteiger partial charge in [0, 0.05) is 23.8 Å². The summed E-state index contributed by atoms with van der Waals surface area (Å²) in [5.74, 6) is 0. The van der Waals surface area contributed by atoms with Crippen LogP contribution in [0.4, 0.5) is 5.13 Å². The van der Waals surface area contributed by atoms with E-state index in [4.69, 9.17) is 11.6 Å². The van der Waals surface area contributed by atoms with E-state index >= 15 is 0 Å². The first-order valence-electron chi connectivity index (χ1n) is 5.28. The van der Waals surface area contributed by atoms with Gasteiger partial charge in [0.25, 0.3) is 5.56 Å². The third-order valence-electron chi connectivity index (χ3n) is 2.18. The second-order valence-electron chi connectivity index (χ2n) is 3.53. The molecule has 8 heteroatoms. The van der Waals surface area contributed by atoms with Crippen LogP contribution in [0.5, 0.6) is 0 Å². The Kier molecular flexibility index (Phi) is 3.83. The number of aromatic amines is 1. The van der Waals surface area contributed by atoms with Crippen LogP contribution in [0, 0.1) is 0 Å². The molecule has 96 valence electrons. The van der Waals surface area contributed by atoms with E-state index in [9.17, 15) is 9.59 Å². The molecule has 6 nitrogen and oxygen atoms in total. The lowest BCUT2D eigenvalue weighted by atomic mass is 10.5. The second-order valence-corrected chi connectivity index (χ2v) is 5.05. The second kappa shape index (κ2) is 5.36. The van der Waals surface area contributed by atoms with Gasteiger partial charge in [0.2, 0.25) is 0 Å². The van der Waals surface area contributed by atoms with Crippen LogP contribution < -0.4 is 16.6 Å². The molecule has 0 amide bonds. The molecule has 2 aromatic heterocycles. The van der Waals surface area contributed by atoms with Crippen molar-refractivity contribution in [3.05, 3.63) is 43.1 Å². The van der Waals surface area contributed by atoms with Gasteiger partial charge >= 0.3 is 5.69 Å². The van der Waals surface area contributed by atoms with Crippen molar-refractivity contribution < 1.29 is 0 Å². The maximum Gasteiger partial charge on any atom is 0.328 e. The summed E-state index contributed by atoms with van der Waals surface area (Å²) in [5.41, 5.74) is -1.06. The van der Waals surface area contributed by atoms with Crippen molar-refractivity contribution >= 4 is 28.1 Å². The van der Waals surface area contributed by atoms with E-state index in [-0.39, 0.29) is 5.02 Å². The molecule has 2 rings (SSSR count). The topological polar surface area (TPSA) is 79.8 Å².